The number of carbonyl (C=O) groups is 1. The van der Waals surface area contributed by atoms with E-state index >= 15 is 0 Å². The number of hydrogen-bond donors (Lipinski definition) is 5. The number of carbonyl (C=O) groups excluding carboxylic acids is 1. The molecule has 0 saturated heterocycles. The molecule has 58 heavy (non-hydrogen) atoms. The van der Waals surface area contributed by atoms with Crippen molar-refractivity contribution in [1.82, 2.24) is 4.72 Å². The van der Waals surface area contributed by atoms with Crippen molar-refractivity contribution in [3.8, 4) is 0 Å². The zero-order valence-corrected chi connectivity index (χ0v) is 35.6. The fourth-order valence-electron chi connectivity index (χ4n) is 5.09. The third kappa shape index (κ3) is 18.0. The molecule has 0 aliphatic heterocycles. The molecular formula is C38H53N7O10S3. The fraction of sp³-hybridized carbons (Fsp3) is 0.368. The lowest BCUT2D eigenvalue weighted by atomic mass is 10.1. The highest BCUT2D eigenvalue weighted by molar-refractivity contribution is 7.89. The topological polar surface area (TPSA) is 296 Å². The first kappa shape index (κ1) is 50.8. The summed E-state index contributed by atoms with van der Waals surface area (Å²) in [6.07, 6.45) is 4.44. The van der Waals surface area contributed by atoms with E-state index in [4.69, 9.17) is 36.1 Å². The van der Waals surface area contributed by atoms with E-state index in [2.05, 4.69) is 16.6 Å². The first-order valence-electron chi connectivity index (χ1n) is 17.9. The molecule has 4 aromatic rings. The van der Waals surface area contributed by atoms with E-state index in [1.807, 2.05) is 51.0 Å². The second-order valence-electron chi connectivity index (χ2n) is 12.9. The lowest BCUT2D eigenvalue weighted by Gasteiger charge is -2.20. The molecule has 0 heterocycles. The Hall–Kier alpha value is -5.17. The summed E-state index contributed by atoms with van der Waals surface area (Å²) in [5.41, 5.74) is 13.5. The first-order valence-corrected chi connectivity index (χ1v) is 22.3. The van der Waals surface area contributed by atoms with Gasteiger partial charge in [0.25, 0.3) is 20.2 Å². The van der Waals surface area contributed by atoms with Crippen LogP contribution < -0.4 is 21.1 Å². The number of hydrogen-bond acceptors (Lipinski definition) is 12. The SMILES string of the molecule is CCCCCCOC(=O)[C@H](CCCN=C(N)N)NS(=O)(=O)c1cccc2c(N(C)C)cccc12.Cc1ccc(S(=O)(=O)O)cc1.Cc1ccc(S(=O)(=O)O)cc1.N#N. The molecular weight excluding hydrogens is 811 g/mol. The molecule has 0 aromatic heterocycles. The number of fused-ring (bicyclic) bond motifs is 1. The standard InChI is InChI=1S/C24H37N5O4S.2C7H8O3S.N2/c1-4-5-6-7-17-33-23(30)20(13-10-16-27-24(25)26)28-34(31,32)22-15-9-11-18-19(22)12-8-14-21(18)29(2)3;2*1-6-2-4-7(5-3-6)11(8,9)10;1-2/h8-9,11-12,14-15,20,28H,4-7,10,13,16-17H2,1-3H3,(H4,25,26,27);2*2-5H,1H3,(H,8,9,10);/t20-;;;/m0.../s1. The average Bonchev–Trinajstić information content (AvgIpc) is 3.16. The van der Waals surface area contributed by atoms with E-state index in [0.717, 1.165) is 47.9 Å². The summed E-state index contributed by atoms with van der Waals surface area (Å²) in [5.74, 6) is -0.651. The molecule has 0 unspecified atom stereocenters. The number of nitrogens with two attached hydrogens (primary N) is 2. The summed E-state index contributed by atoms with van der Waals surface area (Å²) in [4.78, 5) is 18.6. The highest BCUT2D eigenvalue weighted by atomic mass is 32.2. The number of benzene rings is 4. The molecule has 318 valence electrons. The molecule has 0 spiro atoms. The molecule has 4 aromatic carbocycles. The van der Waals surface area contributed by atoms with Gasteiger partial charge in [-0.15, -0.1) is 0 Å². The lowest BCUT2D eigenvalue weighted by molar-refractivity contribution is -0.146. The summed E-state index contributed by atoms with van der Waals surface area (Å²) in [6, 6.07) is 21.5. The van der Waals surface area contributed by atoms with Gasteiger partial charge in [-0.1, -0.05) is 85.8 Å². The fourth-order valence-corrected chi connectivity index (χ4v) is 7.49. The second-order valence-corrected chi connectivity index (χ2v) is 17.5. The van der Waals surface area contributed by atoms with Crippen molar-refractivity contribution in [2.75, 3.05) is 32.1 Å². The molecule has 0 radical (unpaired) electrons. The summed E-state index contributed by atoms with van der Waals surface area (Å²) in [6.45, 7) is 6.32. The van der Waals surface area contributed by atoms with Gasteiger partial charge in [0.1, 0.15) is 6.04 Å². The maximum absolute atomic E-state index is 13.4. The number of nitrogens with zero attached hydrogens (tertiary/aromatic N) is 4. The van der Waals surface area contributed by atoms with Crippen molar-refractivity contribution >= 4 is 58.6 Å². The van der Waals surface area contributed by atoms with E-state index < -0.39 is 42.3 Å². The van der Waals surface area contributed by atoms with Crippen molar-refractivity contribution in [3.05, 3.63) is 96.1 Å². The summed E-state index contributed by atoms with van der Waals surface area (Å²) >= 11 is 0. The molecule has 0 aliphatic rings. The Bertz CT molecular complexity index is 2210. The number of aliphatic imine (C=N–C) groups is 1. The van der Waals surface area contributed by atoms with Crippen LogP contribution in [0.4, 0.5) is 5.69 Å². The molecule has 0 fully saturated rings. The van der Waals surface area contributed by atoms with E-state index in [1.165, 1.54) is 30.3 Å². The zero-order valence-electron chi connectivity index (χ0n) is 33.1. The van der Waals surface area contributed by atoms with Crippen LogP contribution in [0.5, 0.6) is 0 Å². The third-order valence-corrected chi connectivity index (χ3v) is 11.3. The van der Waals surface area contributed by atoms with Crippen LogP contribution in [-0.2, 0) is 39.8 Å². The van der Waals surface area contributed by atoms with Gasteiger partial charge in [-0.25, -0.2) is 8.42 Å². The van der Waals surface area contributed by atoms with Crippen LogP contribution in [0.2, 0.25) is 0 Å². The van der Waals surface area contributed by atoms with Crippen molar-refractivity contribution in [3.63, 3.8) is 0 Å². The quantitative estimate of drug-likeness (QED) is 0.0240. The number of guanidine groups is 1. The van der Waals surface area contributed by atoms with Crippen LogP contribution in [0.3, 0.4) is 0 Å². The highest BCUT2D eigenvalue weighted by Gasteiger charge is 2.28. The molecule has 7 N–H and O–H groups in total. The van der Waals surface area contributed by atoms with E-state index in [9.17, 15) is 30.0 Å². The summed E-state index contributed by atoms with van der Waals surface area (Å²) in [5, 5.41) is 13.4. The van der Waals surface area contributed by atoms with Crippen LogP contribution in [0.1, 0.15) is 56.6 Å². The Balaban J connectivity index is 0.000000564. The van der Waals surface area contributed by atoms with Crippen molar-refractivity contribution in [2.45, 2.75) is 80.0 Å². The minimum atomic E-state index is -4.02. The van der Waals surface area contributed by atoms with Gasteiger partial charge in [0.15, 0.2) is 5.96 Å². The van der Waals surface area contributed by atoms with Crippen LogP contribution in [-0.4, -0.2) is 79.6 Å². The minimum absolute atomic E-state index is 0.0527. The maximum atomic E-state index is 13.4. The molecule has 4 rings (SSSR count). The Kier molecular flexibility index (Phi) is 21.5. The Morgan fingerprint density at radius 1 is 0.759 bits per heavy atom. The molecule has 0 bridgehead atoms. The number of unbranched alkanes of at least 4 members (excludes halogenated alkanes) is 3. The molecule has 0 amide bonds. The maximum Gasteiger partial charge on any atom is 0.324 e. The third-order valence-electron chi connectivity index (χ3n) is 8.04. The van der Waals surface area contributed by atoms with E-state index in [1.54, 1.807) is 36.4 Å². The lowest BCUT2D eigenvalue weighted by Crippen LogP contribution is -2.42. The number of esters is 1. The van der Waals surface area contributed by atoms with E-state index in [0.29, 0.717) is 11.8 Å². The summed E-state index contributed by atoms with van der Waals surface area (Å²) in [7, 11) is -8.26. The molecule has 17 nitrogen and oxygen atoms in total. The first-order chi connectivity index (χ1) is 27.2. The van der Waals surface area contributed by atoms with Crippen molar-refractivity contribution in [2.24, 2.45) is 16.5 Å². The molecule has 0 aliphatic carbocycles. The van der Waals surface area contributed by atoms with Gasteiger partial charge in [-0.2, -0.15) is 21.6 Å². The Morgan fingerprint density at radius 3 is 1.72 bits per heavy atom. The van der Waals surface area contributed by atoms with Gasteiger partial charge >= 0.3 is 5.97 Å². The Morgan fingerprint density at radius 2 is 1.26 bits per heavy atom. The predicted molar refractivity (Wildman–Crippen MR) is 223 cm³/mol. The molecule has 0 saturated carbocycles. The monoisotopic (exact) mass is 863 g/mol. The summed E-state index contributed by atoms with van der Waals surface area (Å²) < 4.78 is 93.9. The van der Waals surface area contributed by atoms with Gasteiger partial charge < -0.3 is 21.1 Å². The molecule has 1 atom stereocenters. The Labute approximate surface area is 341 Å². The normalized spacial score (nSPS) is 11.6. The molecule has 20 heteroatoms. The van der Waals surface area contributed by atoms with E-state index in [-0.39, 0.29) is 40.2 Å². The van der Waals surface area contributed by atoms with Gasteiger partial charge in [-0.3, -0.25) is 18.9 Å². The zero-order chi connectivity index (χ0) is 44.1. The van der Waals surface area contributed by atoms with Gasteiger partial charge in [-0.05, 0) is 69.5 Å². The smallest absolute Gasteiger partial charge is 0.324 e. The van der Waals surface area contributed by atoms with Crippen LogP contribution in [0, 0.1) is 24.6 Å². The van der Waals surface area contributed by atoms with Gasteiger partial charge in [0.05, 0.1) is 21.3 Å². The largest absolute Gasteiger partial charge is 0.465 e. The number of ether oxygens (including phenoxy) is 1. The highest BCUT2D eigenvalue weighted by Crippen LogP contribution is 2.30. The van der Waals surface area contributed by atoms with Crippen molar-refractivity contribution in [1.29, 1.82) is 10.8 Å². The number of rotatable bonds is 16. The number of sulfonamides is 1. The number of nitrogens with one attached hydrogen (secondary N) is 1. The predicted octanol–water partition coefficient (Wildman–Crippen LogP) is 5.24. The van der Waals surface area contributed by atoms with Gasteiger partial charge in [0.2, 0.25) is 10.0 Å². The van der Waals surface area contributed by atoms with Crippen LogP contribution in [0.25, 0.3) is 10.8 Å². The van der Waals surface area contributed by atoms with Crippen molar-refractivity contribution < 1.29 is 43.9 Å². The number of aryl methyl sites for hydroxylation is 2. The average molecular weight is 864 g/mol. The second kappa shape index (κ2) is 24.6. The van der Waals surface area contributed by atoms with Gasteiger partial charge in [0, 0.05) is 47.9 Å². The van der Waals surface area contributed by atoms with Crippen LogP contribution >= 0.6 is 0 Å². The minimum Gasteiger partial charge on any atom is -0.465 e. The number of anilines is 1. The van der Waals surface area contributed by atoms with Crippen LogP contribution in [0.15, 0.2) is 105 Å².